The Morgan fingerprint density at radius 2 is 2.10 bits per heavy atom. The molecule has 0 unspecified atom stereocenters. The van der Waals surface area contributed by atoms with Crippen LogP contribution < -0.4 is 10.4 Å². The van der Waals surface area contributed by atoms with Crippen molar-refractivity contribution in [2.24, 2.45) is 0 Å². The SMILES string of the molecule is O=C(NCc1cc([N+](=O)[O-])ccc1[O-])c1ccc(Cl)s1. The highest BCUT2D eigenvalue weighted by atomic mass is 35.5. The van der Waals surface area contributed by atoms with Crippen molar-refractivity contribution in [3.63, 3.8) is 0 Å². The minimum Gasteiger partial charge on any atom is -0.872 e. The average Bonchev–Trinajstić information content (AvgIpc) is 2.84. The molecule has 0 aliphatic heterocycles. The highest BCUT2D eigenvalue weighted by Crippen LogP contribution is 2.23. The van der Waals surface area contributed by atoms with Crippen molar-refractivity contribution in [1.82, 2.24) is 5.32 Å². The average molecular weight is 312 g/mol. The van der Waals surface area contributed by atoms with Crippen molar-refractivity contribution in [3.8, 4) is 5.75 Å². The van der Waals surface area contributed by atoms with Gasteiger partial charge >= 0.3 is 0 Å². The van der Waals surface area contributed by atoms with Crippen LogP contribution in [0.4, 0.5) is 5.69 Å². The summed E-state index contributed by atoms with van der Waals surface area (Å²) in [5, 5.41) is 24.7. The fraction of sp³-hybridized carbons (Fsp3) is 0.0833. The highest BCUT2D eigenvalue weighted by Gasteiger charge is 2.10. The van der Waals surface area contributed by atoms with Gasteiger partial charge < -0.3 is 10.4 Å². The van der Waals surface area contributed by atoms with Gasteiger partial charge in [-0.25, -0.2) is 0 Å². The van der Waals surface area contributed by atoms with E-state index in [1.807, 2.05) is 0 Å². The summed E-state index contributed by atoms with van der Waals surface area (Å²) in [4.78, 5) is 22.2. The summed E-state index contributed by atoms with van der Waals surface area (Å²) in [5.74, 6) is -0.743. The van der Waals surface area contributed by atoms with E-state index in [4.69, 9.17) is 11.6 Å². The number of nitro benzene ring substituents is 1. The van der Waals surface area contributed by atoms with Crippen molar-refractivity contribution in [2.75, 3.05) is 0 Å². The summed E-state index contributed by atoms with van der Waals surface area (Å²) in [6.45, 7) is -0.0745. The van der Waals surface area contributed by atoms with Crippen LogP contribution in [0.15, 0.2) is 30.3 Å². The van der Waals surface area contributed by atoms with Gasteiger partial charge in [0.2, 0.25) is 0 Å². The first kappa shape index (κ1) is 14.3. The minimum absolute atomic E-state index is 0.0745. The van der Waals surface area contributed by atoms with Crippen LogP contribution in [-0.4, -0.2) is 10.8 Å². The number of hydrogen-bond donors (Lipinski definition) is 1. The Morgan fingerprint density at radius 1 is 1.35 bits per heavy atom. The van der Waals surface area contributed by atoms with Crippen LogP contribution in [0.2, 0.25) is 4.34 Å². The topological polar surface area (TPSA) is 95.3 Å². The second-order valence-corrected chi connectivity index (χ2v) is 5.55. The summed E-state index contributed by atoms with van der Waals surface area (Å²) in [7, 11) is 0. The summed E-state index contributed by atoms with van der Waals surface area (Å²) in [6.07, 6.45) is 0. The number of thiophene rings is 1. The molecule has 1 N–H and O–H groups in total. The van der Waals surface area contributed by atoms with E-state index in [0.717, 1.165) is 29.5 Å². The van der Waals surface area contributed by atoms with Crippen LogP contribution in [0, 0.1) is 10.1 Å². The van der Waals surface area contributed by atoms with Gasteiger partial charge in [0.25, 0.3) is 11.6 Å². The van der Waals surface area contributed by atoms with Gasteiger partial charge in [0, 0.05) is 18.7 Å². The number of amides is 1. The molecule has 0 bridgehead atoms. The minimum atomic E-state index is -0.593. The molecule has 6 nitrogen and oxygen atoms in total. The van der Waals surface area contributed by atoms with Gasteiger partial charge in [0.15, 0.2) is 0 Å². The van der Waals surface area contributed by atoms with Gasteiger partial charge in [-0.1, -0.05) is 17.7 Å². The van der Waals surface area contributed by atoms with Crippen molar-refractivity contribution >= 4 is 34.5 Å². The third-order valence-electron chi connectivity index (χ3n) is 2.49. The molecular formula is C12H8ClN2O4S-. The zero-order chi connectivity index (χ0) is 14.7. The lowest BCUT2D eigenvalue weighted by Crippen LogP contribution is -2.22. The Bertz CT molecular complexity index is 671. The van der Waals surface area contributed by atoms with Gasteiger partial charge in [0.05, 0.1) is 14.1 Å². The zero-order valence-corrected chi connectivity index (χ0v) is 11.5. The maximum atomic E-state index is 11.8. The fourth-order valence-electron chi connectivity index (χ4n) is 1.52. The van der Waals surface area contributed by atoms with Crippen LogP contribution in [0.1, 0.15) is 15.2 Å². The summed E-state index contributed by atoms with van der Waals surface area (Å²) >= 11 is 6.83. The van der Waals surface area contributed by atoms with Gasteiger partial charge in [-0.2, -0.15) is 0 Å². The summed E-state index contributed by atoms with van der Waals surface area (Å²) in [6, 6.07) is 6.56. The standard InChI is InChI=1S/C12H9ClN2O4S/c13-11-4-3-10(20-11)12(17)14-6-7-5-8(15(18)19)1-2-9(7)16/h1-5,16H,6H2,(H,14,17)/p-1. The molecule has 8 heteroatoms. The molecule has 104 valence electrons. The van der Waals surface area contributed by atoms with Gasteiger partial charge in [-0.15, -0.1) is 17.1 Å². The van der Waals surface area contributed by atoms with Crippen LogP contribution in [0.25, 0.3) is 0 Å². The molecule has 2 rings (SSSR count). The number of nitrogens with one attached hydrogen (secondary N) is 1. The Kier molecular flexibility index (Phi) is 4.21. The second kappa shape index (κ2) is 5.89. The van der Waals surface area contributed by atoms with Crippen LogP contribution in [-0.2, 0) is 6.54 Å². The molecule has 0 spiro atoms. The van der Waals surface area contributed by atoms with E-state index < -0.39 is 4.92 Å². The number of carbonyl (C=O) groups excluding carboxylic acids is 1. The van der Waals surface area contributed by atoms with Crippen molar-refractivity contribution in [2.45, 2.75) is 6.54 Å². The Balaban J connectivity index is 2.09. The first-order valence-corrected chi connectivity index (χ1v) is 6.64. The Labute approximate surface area is 122 Å². The molecule has 1 heterocycles. The molecule has 2 aromatic rings. The van der Waals surface area contributed by atoms with Crippen LogP contribution >= 0.6 is 22.9 Å². The molecule has 0 aliphatic rings. The molecule has 0 aliphatic carbocycles. The third kappa shape index (κ3) is 3.25. The van der Waals surface area contributed by atoms with E-state index >= 15 is 0 Å². The van der Waals surface area contributed by atoms with Gasteiger partial charge in [-0.05, 0) is 17.7 Å². The molecule has 20 heavy (non-hydrogen) atoms. The van der Waals surface area contributed by atoms with Gasteiger partial charge in [-0.3, -0.25) is 14.9 Å². The number of carbonyl (C=O) groups is 1. The smallest absolute Gasteiger partial charge is 0.269 e. The zero-order valence-electron chi connectivity index (χ0n) is 9.96. The largest absolute Gasteiger partial charge is 0.872 e. The lowest BCUT2D eigenvalue weighted by atomic mass is 10.1. The van der Waals surface area contributed by atoms with E-state index in [1.54, 1.807) is 12.1 Å². The summed E-state index contributed by atoms with van der Waals surface area (Å²) < 4.78 is 0.481. The second-order valence-electron chi connectivity index (χ2n) is 3.84. The third-order valence-corrected chi connectivity index (χ3v) is 3.72. The Hall–Kier alpha value is -2.12. The molecular weight excluding hydrogens is 304 g/mol. The van der Waals surface area contributed by atoms with E-state index in [-0.39, 0.29) is 29.5 Å². The van der Waals surface area contributed by atoms with E-state index in [1.165, 1.54) is 0 Å². The predicted molar refractivity (Wildman–Crippen MR) is 73.0 cm³/mol. The predicted octanol–water partition coefficient (Wildman–Crippen LogP) is 2.31. The number of hydrogen-bond acceptors (Lipinski definition) is 5. The van der Waals surface area contributed by atoms with E-state index in [0.29, 0.717) is 9.21 Å². The number of non-ortho nitro benzene ring substituents is 1. The number of nitro groups is 1. The molecule has 0 saturated heterocycles. The first-order chi connectivity index (χ1) is 9.47. The quantitative estimate of drug-likeness (QED) is 0.692. The molecule has 1 aromatic carbocycles. The lowest BCUT2D eigenvalue weighted by Gasteiger charge is -2.13. The molecule has 1 amide bonds. The molecule has 0 saturated carbocycles. The van der Waals surface area contributed by atoms with Crippen LogP contribution in [0.3, 0.4) is 0 Å². The van der Waals surface area contributed by atoms with E-state index in [9.17, 15) is 20.0 Å². The number of nitrogens with zero attached hydrogens (tertiary/aromatic N) is 1. The molecule has 1 aromatic heterocycles. The van der Waals surface area contributed by atoms with Crippen molar-refractivity contribution < 1.29 is 14.8 Å². The Morgan fingerprint density at radius 3 is 2.70 bits per heavy atom. The lowest BCUT2D eigenvalue weighted by molar-refractivity contribution is -0.385. The first-order valence-electron chi connectivity index (χ1n) is 5.45. The maximum absolute atomic E-state index is 11.8. The normalized spacial score (nSPS) is 10.2. The fourth-order valence-corrected chi connectivity index (χ4v) is 2.48. The van der Waals surface area contributed by atoms with Crippen molar-refractivity contribution in [1.29, 1.82) is 0 Å². The number of halogens is 1. The summed E-state index contributed by atoms with van der Waals surface area (Å²) in [5.41, 5.74) is -0.0248. The molecule has 0 atom stereocenters. The van der Waals surface area contributed by atoms with Crippen molar-refractivity contribution in [3.05, 3.63) is 55.2 Å². The number of benzene rings is 1. The molecule has 0 radical (unpaired) electrons. The van der Waals surface area contributed by atoms with Crippen LogP contribution in [0.5, 0.6) is 5.75 Å². The monoisotopic (exact) mass is 311 g/mol. The van der Waals surface area contributed by atoms with Gasteiger partial charge in [0.1, 0.15) is 0 Å². The molecule has 0 fully saturated rings. The van der Waals surface area contributed by atoms with E-state index in [2.05, 4.69) is 5.32 Å². The number of rotatable bonds is 4. The maximum Gasteiger partial charge on any atom is 0.269 e. The highest BCUT2D eigenvalue weighted by molar-refractivity contribution is 7.17.